The normalized spacial score (nSPS) is 21.1. The minimum Gasteiger partial charge on any atom is -0.444 e. The zero-order valence-electron chi connectivity index (χ0n) is 12.2. The number of amides is 2. The first-order valence-electron chi connectivity index (χ1n) is 6.70. The molecule has 0 aromatic rings. The summed E-state index contributed by atoms with van der Waals surface area (Å²) in [6.45, 7) is 9.04. The van der Waals surface area contributed by atoms with E-state index in [9.17, 15) is 9.59 Å². The quantitative estimate of drug-likeness (QED) is 0.791. The van der Waals surface area contributed by atoms with E-state index in [1.807, 2.05) is 20.8 Å². The fourth-order valence-electron chi connectivity index (χ4n) is 1.90. The van der Waals surface area contributed by atoms with Crippen LogP contribution in [-0.2, 0) is 9.53 Å². The first-order chi connectivity index (χ1) is 8.69. The highest BCUT2D eigenvalue weighted by atomic mass is 16.6. The van der Waals surface area contributed by atoms with Crippen LogP contribution >= 0.6 is 0 Å². The minimum absolute atomic E-state index is 0.157. The summed E-state index contributed by atoms with van der Waals surface area (Å²) in [6.07, 6.45) is 0.590. The highest BCUT2D eigenvalue weighted by molar-refractivity contribution is 5.80. The summed E-state index contributed by atoms with van der Waals surface area (Å²) >= 11 is 0. The van der Waals surface area contributed by atoms with Crippen LogP contribution < -0.4 is 11.1 Å². The van der Waals surface area contributed by atoms with Gasteiger partial charge >= 0.3 is 6.09 Å². The highest BCUT2D eigenvalue weighted by Gasteiger charge is 2.29. The van der Waals surface area contributed by atoms with Gasteiger partial charge in [-0.05, 0) is 40.0 Å². The molecule has 0 spiro atoms. The van der Waals surface area contributed by atoms with Crippen molar-refractivity contribution < 1.29 is 14.3 Å². The molecule has 2 amide bonds. The average molecular weight is 271 g/mol. The number of rotatable bonds is 3. The second-order valence-electron chi connectivity index (χ2n) is 6.11. The Morgan fingerprint density at radius 1 is 1.47 bits per heavy atom. The Labute approximate surface area is 114 Å². The molecular weight excluding hydrogens is 246 g/mol. The summed E-state index contributed by atoms with van der Waals surface area (Å²) < 4.78 is 5.31. The van der Waals surface area contributed by atoms with Crippen LogP contribution in [0.15, 0.2) is 0 Å². The van der Waals surface area contributed by atoms with Crippen LogP contribution in [0, 0.1) is 5.92 Å². The first-order valence-corrected chi connectivity index (χ1v) is 6.70. The Balaban J connectivity index is 2.34. The van der Waals surface area contributed by atoms with E-state index in [0.717, 1.165) is 6.42 Å². The molecule has 6 nitrogen and oxygen atoms in total. The van der Waals surface area contributed by atoms with Gasteiger partial charge in [-0.15, -0.1) is 0 Å². The van der Waals surface area contributed by atoms with Crippen LogP contribution in [0.4, 0.5) is 4.79 Å². The Kier molecular flexibility index (Phi) is 5.17. The number of carbonyl (C=O) groups is 2. The fourth-order valence-corrected chi connectivity index (χ4v) is 1.90. The molecule has 1 saturated heterocycles. The molecule has 0 bridgehead atoms. The maximum absolute atomic E-state index is 11.8. The van der Waals surface area contributed by atoms with Crippen LogP contribution in [0.5, 0.6) is 0 Å². The monoisotopic (exact) mass is 271 g/mol. The van der Waals surface area contributed by atoms with Crippen molar-refractivity contribution >= 4 is 12.0 Å². The number of nitrogens with one attached hydrogen (secondary N) is 1. The van der Waals surface area contributed by atoms with Crippen molar-refractivity contribution in [2.24, 2.45) is 11.7 Å². The number of hydrogen-bond acceptors (Lipinski definition) is 4. The third kappa shape index (κ3) is 5.46. The fraction of sp³-hybridized carbons (Fsp3) is 0.846. The van der Waals surface area contributed by atoms with E-state index >= 15 is 0 Å². The number of nitrogens with zero attached hydrogens (tertiary/aromatic N) is 1. The predicted octanol–water partition coefficient (Wildman–Crippen LogP) is 0.707. The summed E-state index contributed by atoms with van der Waals surface area (Å²) in [5, 5.41) is 2.79. The molecule has 1 aliphatic heterocycles. The molecule has 0 aromatic carbocycles. The van der Waals surface area contributed by atoms with E-state index in [4.69, 9.17) is 10.5 Å². The molecule has 19 heavy (non-hydrogen) atoms. The van der Waals surface area contributed by atoms with Crippen LogP contribution in [0.25, 0.3) is 0 Å². The Morgan fingerprint density at radius 3 is 2.63 bits per heavy atom. The van der Waals surface area contributed by atoms with Crippen molar-refractivity contribution in [3.63, 3.8) is 0 Å². The van der Waals surface area contributed by atoms with Crippen molar-refractivity contribution in [3.05, 3.63) is 0 Å². The van der Waals surface area contributed by atoms with Gasteiger partial charge in [0.15, 0.2) is 0 Å². The van der Waals surface area contributed by atoms with Gasteiger partial charge < -0.3 is 20.7 Å². The van der Waals surface area contributed by atoms with Gasteiger partial charge in [0.25, 0.3) is 0 Å². The van der Waals surface area contributed by atoms with Crippen molar-refractivity contribution in [1.29, 1.82) is 0 Å². The Morgan fingerprint density at radius 2 is 2.11 bits per heavy atom. The average Bonchev–Trinajstić information content (AvgIpc) is 2.71. The first kappa shape index (κ1) is 15.8. The summed E-state index contributed by atoms with van der Waals surface area (Å²) in [5.74, 6) is 0.117. The molecular formula is C13H25N3O3. The van der Waals surface area contributed by atoms with E-state index in [2.05, 4.69) is 5.32 Å². The lowest BCUT2D eigenvalue weighted by molar-refractivity contribution is -0.122. The summed E-state index contributed by atoms with van der Waals surface area (Å²) in [4.78, 5) is 24.9. The van der Waals surface area contributed by atoms with Gasteiger partial charge in [0.1, 0.15) is 5.60 Å². The molecule has 110 valence electrons. The van der Waals surface area contributed by atoms with Crippen molar-refractivity contribution in [3.8, 4) is 0 Å². The van der Waals surface area contributed by atoms with Crippen molar-refractivity contribution in [2.75, 3.05) is 19.6 Å². The molecule has 0 aromatic heterocycles. The molecule has 1 aliphatic rings. The van der Waals surface area contributed by atoms with Gasteiger partial charge in [-0.25, -0.2) is 4.79 Å². The zero-order valence-corrected chi connectivity index (χ0v) is 12.2. The number of ether oxygens (including phenoxy) is 1. The van der Waals surface area contributed by atoms with Crippen LogP contribution in [0.2, 0.25) is 0 Å². The third-order valence-electron chi connectivity index (χ3n) is 2.92. The van der Waals surface area contributed by atoms with Gasteiger partial charge in [-0.3, -0.25) is 4.79 Å². The third-order valence-corrected chi connectivity index (χ3v) is 2.92. The lowest BCUT2D eigenvalue weighted by atomic mass is 10.1. The molecule has 2 atom stereocenters. The molecule has 1 fully saturated rings. The number of hydrogen-bond donors (Lipinski definition) is 2. The Bertz CT molecular complexity index is 337. The van der Waals surface area contributed by atoms with Crippen molar-refractivity contribution in [2.45, 2.75) is 45.8 Å². The van der Waals surface area contributed by atoms with Gasteiger partial charge in [-0.2, -0.15) is 0 Å². The predicted molar refractivity (Wildman–Crippen MR) is 72.6 cm³/mol. The van der Waals surface area contributed by atoms with E-state index < -0.39 is 11.6 Å². The smallest absolute Gasteiger partial charge is 0.410 e. The number of nitrogens with two attached hydrogens (primary N) is 1. The highest BCUT2D eigenvalue weighted by Crippen LogP contribution is 2.18. The largest absolute Gasteiger partial charge is 0.444 e. The van der Waals surface area contributed by atoms with Gasteiger partial charge in [-0.1, -0.05) is 0 Å². The summed E-state index contributed by atoms with van der Waals surface area (Å²) in [6, 6.07) is -0.497. The molecule has 6 heteroatoms. The molecule has 0 radical (unpaired) electrons. The SMILES string of the molecule is C[C@H](N)C(=O)NC[C@@H]1CCN(C(=O)OC(C)(C)C)C1. The van der Waals surface area contributed by atoms with E-state index in [-0.39, 0.29) is 17.9 Å². The van der Waals surface area contributed by atoms with Gasteiger partial charge in [0, 0.05) is 19.6 Å². The van der Waals surface area contributed by atoms with Crippen LogP contribution in [0.3, 0.4) is 0 Å². The topological polar surface area (TPSA) is 84.7 Å². The standard InChI is InChI=1S/C13H25N3O3/c1-9(14)11(17)15-7-10-5-6-16(8-10)12(18)19-13(2,3)4/h9-10H,5-8,14H2,1-4H3,(H,15,17)/t9-,10-/m0/s1. The summed E-state index contributed by atoms with van der Waals surface area (Å²) in [5.41, 5.74) is 5.00. The zero-order chi connectivity index (χ0) is 14.6. The Hall–Kier alpha value is -1.30. The minimum atomic E-state index is -0.497. The second-order valence-corrected chi connectivity index (χ2v) is 6.11. The lowest BCUT2D eigenvalue weighted by Crippen LogP contribution is -2.41. The van der Waals surface area contributed by atoms with E-state index in [1.165, 1.54) is 0 Å². The van der Waals surface area contributed by atoms with Crippen molar-refractivity contribution in [1.82, 2.24) is 10.2 Å². The molecule has 1 rings (SSSR count). The number of likely N-dealkylation sites (tertiary alicyclic amines) is 1. The maximum atomic E-state index is 11.8. The molecule has 0 unspecified atom stereocenters. The van der Waals surface area contributed by atoms with Crippen LogP contribution in [0.1, 0.15) is 34.1 Å². The molecule has 0 aliphatic carbocycles. The van der Waals surface area contributed by atoms with E-state index in [0.29, 0.717) is 19.6 Å². The summed E-state index contributed by atoms with van der Waals surface area (Å²) in [7, 11) is 0. The molecule has 3 N–H and O–H groups in total. The van der Waals surface area contributed by atoms with Gasteiger partial charge in [0.2, 0.25) is 5.91 Å². The van der Waals surface area contributed by atoms with Crippen LogP contribution in [-0.4, -0.2) is 48.2 Å². The maximum Gasteiger partial charge on any atom is 0.410 e. The lowest BCUT2D eigenvalue weighted by Gasteiger charge is -2.24. The molecule has 0 saturated carbocycles. The van der Waals surface area contributed by atoms with E-state index in [1.54, 1.807) is 11.8 Å². The number of carbonyl (C=O) groups excluding carboxylic acids is 2. The second kappa shape index (κ2) is 6.23. The van der Waals surface area contributed by atoms with Gasteiger partial charge in [0.05, 0.1) is 6.04 Å². The molecule has 1 heterocycles.